The van der Waals surface area contributed by atoms with Gasteiger partial charge in [-0.05, 0) is 62.6 Å². The summed E-state index contributed by atoms with van der Waals surface area (Å²) in [5, 5.41) is 7.83. The quantitative estimate of drug-likeness (QED) is 0.128. The van der Waals surface area contributed by atoms with E-state index in [2.05, 4.69) is 20.1 Å². The SMILES string of the molecule is CC(C)(CC(=O)NCCSC(=O)C1CCN(c2nc(NCc3ccc4c(c3)OCO4)c3cc(Cl)ccc3n2)CC1)SN=O.Cl. The topological polar surface area (TPSA) is 135 Å². The first kappa shape index (κ1) is 33.9. The van der Waals surface area contributed by atoms with Gasteiger partial charge in [0.05, 0.1) is 5.52 Å². The van der Waals surface area contributed by atoms with Crippen LogP contribution in [0.25, 0.3) is 10.9 Å². The summed E-state index contributed by atoms with van der Waals surface area (Å²) < 4.78 is 13.2. The van der Waals surface area contributed by atoms with Crippen molar-refractivity contribution in [3.8, 4) is 11.5 Å². The average Bonchev–Trinajstić information content (AvgIpc) is 3.46. The number of nitrogens with one attached hydrogen (secondary N) is 2. The predicted molar refractivity (Wildman–Crippen MR) is 179 cm³/mol. The number of ether oxygens (including phenoxy) is 2. The molecular formula is C29H34Cl2N6O5S2. The van der Waals surface area contributed by atoms with Crippen molar-refractivity contribution in [1.29, 1.82) is 0 Å². The number of nitroso groups, excluding NO2 is 1. The van der Waals surface area contributed by atoms with Crippen molar-refractivity contribution in [1.82, 2.24) is 15.3 Å². The lowest BCUT2D eigenvalue weighted by molar-refractivity contribution is -0.121. The average molecular weight is 682 g/mol. The number of nitrogens with zero attached hydrogens (tertiary/aromatic N) is 4. The lowest BCUT2D eigenvalue weighted by Gasteiger charge is -2.31. The third kappa shape index (κ3) is 8.80. The number of hydrogen-bond donors (Lipinski definition) is 2. The maximum absolute atomic E-state index is 12.9. The fourth-order valence-corrected chi connectivity index (χ4v) is 6.40. The van der Waals surface area contributed by atoms with Crippen molar-refractivity contribution in [2.75, 3.05) is 42.4 Å². The van der Waals surface area contributed by atoms with Crippen molar-refractivity contribution in [2.45, 2.75) is 44.4 Å². The summed E-state index contributed by atoms with van der Waals surface area (Å²) in [7, 11) is 0. The Hall–Kier alpha value is -3.00. The Balaban J connectivity index is 0.00000442. The number of aromatic nitrogens is 2. The summed E-state index contributed by atoms with van der Waals surface area (Å²) >= 11 is 8.41. The van der Waals surface area contributed by atoms with Gasteiger partial charge in [-0.1, -0.05) is 29.4 Å². The van der Waals surface area contributed by atoms with Gasteiger partial charge in [-0.2, -0.15) is 4.98 Å². The van der Waals surface area contributed by atoms with Gasteiger partial charge >= 0.3 is 0 Å². The largest absolute Gasteiger partial charge is 0.454 e. The van der Waals surface area contributed by atoms with E-state index in [0.29, 0.717) is 61.6 Å². The van der Waals surface area contributed by atoms with Crippen molar-refractivity contribution in [3.63, 3.8) is 0 Å². The van der Waals surface area contributed by atoms with E-state index in [-0.39, 0.29) is 42.6 Å². The summed E-state index contributed by atoms with van der Waals surface area (Å²) in [6.07, 6.45) is 1.58. The summed E-state index contributed by atoms with van der Waals surface area (Å²) in [6, 6.07) is 11.4. The smallest absolute Gasteiger partial charge is 0.231 e. The van der Waals surface area contributed by atoms with Crippen LogP contribution in [-0.4, -0.2) is 57.9 Å². The van der Waals surface area contributed by atoms with Crippen LogP contribution in [0.3, 0.4) is 0 Å². The second-order valence-corrected chi connectivity index (χ2v) is 13.9. The Bertz CT molecular complexity index is 1510. The van der Waals surface area contributed by atoms with E-state index in [1.54, 1.807) is 13.8 Å². The fourth-order valence-electron chi connectivity index (χ4n) is 4.96. The van der Waals surface area contributed by atoms with Crippen molar-refractivity contribution in [3.05, 3.63) is 51.9 Å². The minimum Gasteiger partial charge on any atom is -0.454 e. The molecule has 15 heteroatoms. The summed E-state index contributed by atoms with van der Waals surface area (Å²) in [5.74, 6) is 3.03. The van der Waals surface area contributed by atoms with Gasteiger partial charge in [-0.3, -0.25) is 9.59 Å². The third-order valence-electron chi connectivity index (χ3n) is 7.19. The molecule has 3 aromatic rings. The number of hydrogen-bond acceptors (Lipinski definition) is 12. The van der Waals surface area contributed by atoms with Crippen LogP contribution >= 0.6 is 47.7 Å². The summed E-state index contributed by atoms with van der Waals surface area (Å²) in [4.78, 5) is 47.3. The molecule has 2 aliphatic rings. The molecule has 0 atom stereocenters. The van der Waals surface area contributed by atoms with Crippen LogP contribution in [0.4, 0.5) is 11.8 Å². The zero-order chi connectivity index (χ0) is 30.4. The van der Waals surface area contributed by atoms with Gasteiger partial charge in [0.2, 0.25) is 18.6 Å². The van der Waals surface area contributed by atoms with Crippen LogP contribution in [0.1, 0.15) is 38.7 Å². The summed E-state index contributed by atoms with van der Waals surface area (Å²) in [6.45, 7) is 6.04. The van der Waals surface area contributed by atoms with Crippen LogP contribution in [0, 0.1) is 10.8 Å². The number of rotatable bonds is 12. The molecule has 0 aliphatic carbocycles. The Morgan fingerprint density at radius 3 is 2.66 bits per heavy atom. The molecule has 0 bridgehead atoms. The monoisotopic (exact) mass is 680 g/mol. The molecule has 1 amide bonds. The number of anilines is 2. The summed E-state index contributed by atoms with van der Waals surface area (Å²) in [5.41, 5.74) is 1.80. The number of halogens is 2. The molecular weight excluding hydrogens is 647 g/mol. The van der Waals surface area contributed by atoms with Crippen LogP contribution < -0.4 is 25.0 Å². The van der Waals surface area contributed by atoms with E-state index >= 15 is 0 Å². The molecule has 11 nitrogen and oxygen atoms in total. The normalized spacial score (nSPS) is 14.7. The number of carbonyl (C=O) groups excluding carboxylic acids is 2. The van der Waals surface area contributed by atoms with Crippen LogP contribution in [-0.2, 0) is 16.1 Å². The Labute approximate surface area is 275 Å². The van der Waals surface area contributed by atoms with E-state index in [4.69, 9.17) is 31.0 Å². The zero-order valence-electron chi connectivity index (χ0n) is 24.3. The number of fused-ring (bicyclic) bond motifs is 2. The molecule has 0 saturated carbocycles. The number of amides is 1. The highest BCUT2D eigenvalue weighted by atomic mass is 35.5. The van der Waals surface area contributed by atoms with E-state index in [0.717, 1.165) is 39.9 Å². The highest BCUT2D eigenvalue weighted by Crippen LogP contribution is 2.34. The van der Waals surface area contributed by atoms with Crippen molar-refractivity contribution >= 4 is 81.4 Å². The Kier molecular flexibility index (Phi) is 11.8. The molecule has 0 spiro atoms. The number of piperidine rings is 1. The van der Waals surface area contributed by atoms with Gasteiger partial charge in [0, 0.05) is 76.0 Å². The lowest BCUT2D eigenvalue weighted by Crippen LogP contribution is -2.37. The van der Waals surface area contributed by atoms with E-state index in [9.17, 15) is 14.5 Å². The molecule has 2 aromatic carbocycles. The Morgan fingerprint density at radius 1 is 1.11 bits per heavy atom. The second kappa shape index (κ2) is 15.3. The van der Waals surface area contributed by atoms with Gasteiger partial charge in [0.1, 0.15) is 5.82 Å². The van der Waals surface area contributed by atoms with Crippen LogP contribution in [0.5, 0.6) is 11.5 Å². The van der Waals surface area contributed by atoms with E-state index < -0.39 is 4.75 Å². The Morgan fingerprint density at radius 2 is 1.89 bits per heavy atom. The maximum Gasteiger partial charge on any atom is 0.231 e. The number of carbonyl (C=O) groups is 2. The van der Waals surface area contributed by atoms with Gasteiger partial charge in [0.25, 0.3) is 0 Å². The minimum atomic E-state index is -0.561. The first-order valence-electron chi connectivity index (χ1n) is 14.0. The van der Waals surface area contributed by atoms with Gasteiger partial charge in [0.15, 0.2) is 16.6 Å². The first-order chi connectivity index (χ1) is 20.7. The molecule has 0 radical (unpaired) electrons. The highest BCUT2D eigenvalue weighted by Gasteiger charge is 2.28. The molecule has 2 aliphatic heterocycles. The zero-order valence-corrected chi connectivity index (χ0v) is 27.5. The molecule has 44 heavy (non-hydrogen) atoms. The van der Waals surface area contributed by atoms with Crippen LogP contribution in [0.2, 0.25) is 5.02 Å². The lowest BCUT2D eigenvalue weighted by atomic mass is 9.98. The standard InChI is InChI=1S/C29H33ClN6O5S2.ClH/c1-29(2,43-35-39)15-25(37)31-9-12-42-27(38)19-7-10-36(11-8-19)28-33-22-5-4-20(30)14-21(22)26(34-28)32-16-18-3-6-23-24(13-18)41-17-40-23;/h3-6,13-14,19H,7-12,15-17H2,1-2H3,(H,31,37)(H,32,33,34);1H. The second-order valence-electron chi connectivity index (χ2n) is 11.0. The number of benzene rings is 2. The van der Waals surface area contributed by atoms with Gasteiger partial charge in [-0.15, -0.1) is 17.3 Å². The molecule has 1 aromatic heterocycles. The molecule has 0 unspecified atom stereocenters. The predicted octanol–water partition coefficient (Wildman–Crippen LogP) is 6.22. The molecule has 3 heterocycles. The fraction of sp³-hybridized carbons (Fsp3) is 0.448. The molecule has 1 fully saturated rings. The highest BCUT2D eigenvalue weighted by molar-refractivity contribution is 8.13. The van der Waals surface area contributed by atoms with Gasteiger partial charge in [-0.25, -0.2) is 4.98 Å². The number of thioether (sulfide) groups is 1. The third-order valence-corrected chi connectivity index (χ3v) is 9.17. The van der Waals surface area contributed by atoms with Crippen molar-refractivity contribution in [2.24, 2.45) is 10.5 Å². The molecule has 5 rings (SSSR count). The minimum absolute atomic E-state index is 0. The maximum atomic E-state index is 12.9. The van der Waals surface area contributed by atoms with E-state index in [1.807, 2.05) is 36.4 Å². The molecule has 2 N–H and O–H groups in total. The van der Waals surface area contributed by atoms with Gasteiger partial charge < -0.3 is 25.0 Å². The van der Waals surface area contributed by atoms with E-state index in [1.165, 1.54) is 11.8 Å². The first-order valence-corrected chi connectivity index (χ1v) is 16.1. The van der Waals surface area contributed by atoms with Crippen LogP contribution in [0.15, 0.2) is 41.0 Å². The molecule has 1 saturated heterocycles. The molecule has 236 valence electrons. The van der Waals surface area contributed by atoms with Crippen molar-refractivity contribution < 1.29 is 19.1 Å².